The van der Waals surface area contributed by atoms with Crippen LogP contribution in [0.4, 0.5) is 6.01 Å². The van der Waals surface area contributed by atoms with Gasteiger partial charge in [0.25, 0.3) is 0 Å². The first kappa shape index (κ1) is 15.0. The highest BCUT2D eigenvalue weighted by atomic mass is 16.4. The molecule has 1 aromatic heterocycles. The molecule has 1 unspecified atom stereocenters. The molecule has 104 valence electrons. The molecule has 18 heavy (non-hydrogen) atoms. The van der Waals surface area contributed by atoms with Gasteiger partial charge in [-0.2, -0.15) is 0 Å². The summed E-state index contributed by atoms with van der Waals surface area (Å²) in [5.41, 5.74) is 0.0486. The molecule has 1 heterocycles. The third-order valence-electron chi connectivity index (χ3n) is 2.43. The number of aromatic nitrogens is 2. The molecular formula is C13H26N4O. The van der Waals surface area contributed by atoms with Gasteiger partial charge in [0.2, 0.25) is 5.89 Å². The van der Waals surface area contributed by atoms with E-state index < -0.39 is 0 Å². The van der Waals surface area contributed by atoms with Crippen molar-refractivity contribution in [1.82, 2.24) is 15.5 Å². The van der Waals surface area contributed by atoms with Crippen LogP contribution in [-0.2, 0) is 6.54 Å². The van der Waals surface area contributed by atoms with Gasteiger partial charge < -0.3 is 15.1 Å². The number of anilines is 1. The van der Waals surface area contributed by atoms with Crippen LogP contribution in [-0.4, -0.2) is 21.8 Å². The maximum absolute atomic E-state index is 5.54. The van der Waals surface area contributed by atoms with Crippen LogP contribution < -0.4 is 10.6 Å². The van der Waals surface area contributed by atoms with Crippen molar-refractivity contribution in [3.8, 4) is 0 Å². The maximum atomic E-state index is 5.54. The van der Waals surface area contributed by atoms with E-state index in [4.69, 9.17) is 4.42 Å². The third-order valence-corrected chi connectivity index (χ3v) is 2.43. The Morgan fingerprint density at radius 2 is 1.83 bits per heavy atom. The summed E-state index contributed by atoms with van der Waals surface area (Å²) < 4.78 is 5.54. The smallest absolute Gasteiger partial charge is 0.315 e. The highest BCUT2D eigenvalue weighted by Crippen LogP contribution is 2.12. The molecule has 0 aliphatic carbocycles. The zero-order chi connectivity index (χ0) is 13.8. The van der Waals surface area contributed by atoms with Crippen molar-refractivity contribution in [3.05, 3.63) is 5.89 Å². The molecule has 2 N–H and O–H groups in total. The van der Waals surface area contributed by atoms with Crippen LogP contribution in [0.25, 0.3) is 0 Å². The minimum absolute atomic E-state index is 0.0486. The van der Waals surface area contributed by atoms with Crippen molar-refractivity contribution in [2.24, 2.45) is 5.92 Å². The summed E-state index contributed by atoms with van der Waals surface area (Å²) in [6.07, 6.45) is 1.08. The van der Waals surface area contributed by atoms with Crippen molar-refractivity contribution in [2.45, 2.75) is 66.1 Å². The summed E-state index contributed by atoms with van der Waals surface area (Å²) in [6, 6.07) is 0.850. The lowest BCUT2D eigenvalue weighted by Crippen LogP contribution is -2.35. The van der Waals surface area contributed by atoms with Gasteiger partial charge in [0.05, 0.1) is 6.54 Å². The molecule has 0 aliphatic heterocycles. The number of hydrogen-bond donors (Lipinski definition) is 2. The molecule has 0 fully saturated rings. The molecule has 0 bridgehead atoms. The number of hydrogen-bond acceptors (Lipinski definition) is 5. The van der Waals surface area contributed by atoms with Crippen molar-refractivity contribution >= 4 is 6.01 Å². The first-order valence-electron chi connectivity index (χ1n) is 6.60. The molecule has 0 radical (unpaired) electrons. The predicted molar refractivity (Wildman–Crippen MR) is 73.4 cm³/mol. The summed E-state index contributed by atoms with van der Waals surface area (Å²) in [5.74, 6) is 1.27. The topological polar surface area (TPSA) is 63.0 Å². The molecule has 0 amide bonds. The van der Waals surface area contributed by atoms with Gasteiger partial charge in [0.1, 0.15) is 0 Å². The fraction of sp³-hybridized carbons (Fsp3) is 0.846. The predicted octanol–water partition coefficient (Wildman–Crippen LogP) is 2.80. The SMILES string of the molecule is CC(C)CC(C)Nc1nnc(CNC(C)(C)C)o1. The quantitative estimate of drug-likeness (QED) is 0.817. The fourth-order valence-corrected chi connectivity index (χ4v) is 1.70. The van der Waals surface area contributed by atoms with Crippen LogP contribution in [0.1, 0.15) is 53.9 Å². The Morgan fingerprint density at radius 1 is 1.17 bits per heavy atom. The van der Waals surface area contributed by atoms with Gasteiger partial charge in [0.15, 0.2) is 0 Å². The normalized spacial score (nSPS) is 13.9. The lowest BCUT2D eigenvalue weighted by atomic mass is 10.1. The second kappa shape index (κ2) is 6.18. The van der Waals surface area contributed by atoms with E-state index in [9.17, 15) is 0 Å². The van der Waals surface area contributed by atoms with Crippen LogP contribution in [0.5, 0.6) is 0 Å². The summed E-state index contributed by atoms with van der Waals surface area (Å²) in [4.78, 5) is 0. The zero-order valence-corrected chi connectivity index (χ0v) is 12.4. The summed E-state index contributed by atoms with van der Waals surface area (Å²) in [7, 11) is 0. The van der Waals surface area contributed by atoms with Gasteiger partial charge in [-0.25, -0.2) is 0 Å². The number of nitrogens with one attached hydrogen (secondary N) is 2. The largest absolute Gasteiger partial charge is 0.407 e. The van der Waals surface area contributed by atoms with Crippen LogP contribution in [0.3, 0.4) is 0 Å². The Morgan fingerprint density at radius 3 is 2.39 bits per heavy atom. The highest BCUT2D eigenvalue weighted by molar-refractivity contribution is 5.18. The lowest BCUT2D eigenvalue weighted by Gasteiger charge is -2.18. The van der Waals surface area contributed by atoms with E-state index >= 15 is 0 Å². The molecule has 5 nitrogen and oxygen atoms in total. The van der Waals surface area contributed by atoms with Crippen molar-refractivity contribution in [2.75, 3.05) is 5.32 Å². The standard InChI is InChI=1S/C13H26N4O/c1-9(2)7-10(3)15-12-17-16-11(18-12)8-14-13(4,5)6/h9-10,14H,7-8H2,1-6H3,(H,15,17). The van der Waals surface area contributed by atoms with Crippen molar-refractivity contribution in [1.29, 1.82) is 0 Å². The minimum Gasteiger partial charge on any atom is -0.407 e. The van der Waals surface area contributed by atoms with Crippen molar-refractivity contribution in [3.63, 3.8) is 0 Å². The van der Waals surface area contributed by atoms with Crippen LogP contribution in [0.2, 0.25) is 0 Å². The molecule has 1 rings (SSSR count). The minimum atomic E-state index is 0.0486. The molecular weight excluding hydrogens is 228 g/mol. The Hall–Kier alpha value is -1.10. The Bertz CT molecular complexity index is 354. The molecule has 1 aromatic rings. The lowest BCUT2D eigenvalue weighted by molar-refractivity contribution is 0.382. The van der Waals surface area contributed by atoms with Gasteiger partial charge in [-0.05, 0) is 40.0 Å². The zero-order valence-electron chi connectivity index (χ0n) is 12.4. The van der Waals surface area contributed by atoms with E-state index in [1.807, 2.05) is 0 Å². The maximum Gasteiger partial charge on any atom is 0.315 e. The first-order chi connectivity index (χ1) is 8.26. The van der Waals surface area contributed by atoms with Crippen LogP contribution in [0, 0.1) is 5.92 Å². The van der Waals surface area contributed by atoms with E-state index in [0.717, 1.165) is 6.42 Å². The van der Waals surface area contributed by atoms with Gasteiger partial charge in [-0.15, -0.1) is 5.10 Å². The van der Waals surface area contributed by atoms with Gasteiger partial charge in [0, 0.05) is 11.6 Å². The summed E-state index contributed by atoms with van der Waals surface area (Å²) in [5, 5.41) is 14.5. The second-order valence-electron chi connectivity index (χ2n) is 6.28. The first-order valence-corrected chi connectivity index (χ1v) is 6.60. The van der Waals surface area contributed by atoms with Crippen LogP contribution >= 0.6 is 0 Å². The third kappa shape index (κ3) is 6.00. The van der Waals surface area contributed by atoms with E-state index in [0.29, 0.717) is 30.4 Å². The number of rotatable bonds is 6. The molecule has 0 saturated carbocycles. The Kier molecular flexibility index (Phi) is 5.14. The number of nitrogens with zero attached hydrogens (tertiary/aromatic N) is 2. The van der Waals surface area contributed by atoms with E-state index in [1.54, 1.807) is 0 Å². The highest BCUT2D eigenvalue weighted by Gasteiger charge is 2.13. The Balaban J connectivity index is 2.43. The summed E-state index contributed by atoms with van der Waals surface area (Å²) >= 11 is 0. The monoisotopic (exact) mass is 254 g/mol. The average molecular weight is 254 g/mol. The van der Waals surface area contributed by atoms with Gasteiger partial charge in [-0.3, -0.25) is 0 Å². The van der Waals surface area contributed by atoms with Gasteiger partial charge in [-0.1, -0.05) is 18.9 Å². The van der Waals surface area contributed by atoms with E-state index in [2.05, 4.69) is 62.4 Å². The molecule has 0 saturated heterocycles. The van der Waals surface area contributed by atoms with E-state index in [-0.39, 0.29) is 5.54 Å². The molecule has 5 heteroatoms. The molecule has 0 spiro atoms. The molecule has 0 aliphatic rings. The van der Waals surface area contributed by atoms with Crippen molar-refractivity contribution < 1.29 is 4.42 Å². The average Bonchev–Trinajstić information content (AvgIpc) is 2.60. The van der Waals surface area contributed by atoms with E-state index in [1.165, 1.54) is 0 Å². The Labute approximate surface area is 110 Å². The summed E-state index contributed by atoms with van der Waals surface area (Å²) in [6.45, 7) is 13.4. The van der Waals surface area contributed by atoms with Crippen LogP contribution in [0.15, 0.2) is 4.42 Å². The second-order valence-corrected chi connectivity index (χ2v) is 6.28. The fourth-order valence-electron chi connectivity index (χ4n) is 1.70. The molecule has 1 atom stereocenters. The van der Waals surface area contributed by atoms with Gasteiger partial charge >= 0.3 is 6.01 Å². The molecule has 0 aromatic carbocycles.